The molecule has 0 radical (unpaired) electrons. The van der Waals surface area contributed by atoms with Gasteiger partial charge in [0.2, 0.25) is 11.8 Å². The number of ether oxygens (including phenoxy) is 1. The maximum absolute atomic E-state index is 13.0. The zero-order valence-electron chi connectivity index (χ0n) is 18.7. The van der Waals surface area contributed by atoms with Crippen LogP contribution in [0.5, 0.6) is 5.75 Å². The Labute approximate surface area is 213 Å². The molecule has 2 amide bonds. The molecular weight excluding hydrogens is 491 g/mol. The normalized spacial score (nSPS) is 10.5. The largest absolute Gasteiger partial charge is 0.494 e. The van der Waals surface area contributed by atoms with Crippen molar-refractivity contribution in [2.24, 2.45) is 0 Å². The summed E-state index contributed by atoms with van der Waals surface area (Å²) in [7, 11) is 0. The molecule has 3 aromatic carbocycles. The smallest absolute Gasteiger partial charge is 0.335 e. The van der Waals surface area contributed by atoms with Gasteiger partial charge in [0.05, 0.1) is 12.2 Å². The van der Waals surface area contributed by atoms with E-state index in [9.17, 15) is 14.4 Å². The summed E-state index contributed by atoms with van der Waals surface area (Å²) in [4.78, 5) is 37.8. The van der Waals surface area contributed by atoms with E-state index in [1.165, 1.54) is 12.1 Å². The first kappa shape index (κ1) is 26.1. The maximum atomic E-state index is 13.0. The number of aromatic carboxylic acids is 1. The van der Waals surface area contributed by atoms with Crippen molar-refractivity contribution in [2.75, 3.05) is 23.4 Å². The molecule has 0 saturated carbocycles. The lowest BCUT2D eigenvalue weighted by Crippen LogP contribution is -2.33. The molecule has 0 aliphatic carbocycles. The number of amides is 2. The maximum Gasteiger partial charge on any atom is 0.335 e. The summed E-state index contributed by atoms with van der Waals surface area (Å²) in [6.45, 7) is 0.688. The number of halogens is 2. The van der Waals surface area contributed by atoms with E-state index in [-0.39, 0.29) is 30.2 Å². The minimum atomic E-state index is -1.00. The van der Waals surface area contributed by atoms with Crippen LogP contribution in [0.25, 0.3) is 0 Å². The highest BCUT2D eigenvalue weighted by molar-refractivity contribution is 6.31. The summed E-state index contributed by atoms with van der Waals surface area (Å²) in [6, 6.07) is 19.7. The molecule has 3 rings (SSSR count). The Kier molecular flexibility index (Phi) is 9.52. The van der Waals surface area contributed by atoms with E-state index in [2.05, 4.69) is 5.32 Å². The van der Waals surface area contributed by atoms with E-state index in [1.54, 1.807) is 65.6 Å². The molecule has 3 aromatic rings. The lowest BCUT2D eigenvalue weighted by molar-refractivity contribution is -0.122. The summed E-state index contributed by atoms with van der Waals surface area (Å²) in [6.07, 6.45) is 0.573. The fourth-order valence-electron chi connectivity index (χ4n) is 3.24. The van der Waals surface area contributed by atoms with Crippen LogP contribution >= 0.6 is 23.2 Å². The van der Waals surface area contributed by atoms with Crippen molar-refractivity contribution in [2.45, 2.75) is 19.3 Å². The van der Waals surface area contributed by atoms with Crippen LogP contribution in [0.15, 0.2) is 72.8 Å². The summed E-state index contributed by atoms with van der Waals surface area (Å²) < 4.78 is 5.67. The third-order valence-electron chi connectivity index (χ3n) is 5.03. The standard InChI is InChI=1S/C26H24Cl2N2O5/c27-19-4-8-21(9-5-19)29-24(31)14-15-25(32)30(22-10-6-20(28)7-11-22)16-1-17-35-23-12-2-18(3-13-23)26(33)34/h2-13H,1,14-17H2,(H,29,31)(H,33,34). The van der Waals surface area contributed by atoms with Crippen molar-refractivity contribution in [3.63, 3.8) is 0 Å². The summed E-state index contributed by atoms with van der Waals surface area (Å²) in [5, 5.41) is 12.8. The van der Waals surface area contributed by atoms with E-state index < -0.39 is 5.97 Å². The minimum absolute atomic E-state index is 0.0258. The Balaban J connectivity index is 1.55. The Hall–Kier alpha value is -3.55. The van der Waals surface area contributed by atoms with E-state index in [1.807, 2.05) is 0 Å². The zero-order chi connectivity index (χ0) is 25.2. The lowest BCUT2D eigenvalue weighted by atomic mass is 10.2. The topological polar surface area (TPSA) is 95.9 Å². The molecule has 0 atom stereocenters. The van der Waals surface area contributed by atoms with Gasteiger partial charge in [-0.15, -0.1) is 0 Å². The van der Waals surface area contributed by atoms with Crippen LogP contribution in [0.4, 0.5) is 11.4 Å². The average molecular weight is 515 g/mol. The van der Waals surface area contributed by atoms with Crippen LogP contribution in [0.2, 0.25) is 10.0 Å². The first-order chi connectivity index (χ1) is 16.8. The summed E-state index contributed by atoms with van der Waals surface area (Å²) in [5.74, 6) is -0.942. The van der Waals surface area contributed by atoms with Crippen LogP contribution in [0, 0.1) is 0 Å². The Bertz CT molecular complexity index is 1150. The van der Waals surface area contributed by atoms with Gasteiger partial charge in [-0.05, 0) is 79.2 Å². The van der Waals surface area contributed by atoms with Crippen LogP contribution in [-0.2, 0) is 9.59 Å². The van der Waals surface area contributed by atoms with Gasteiger partial charge in [-0.3, -0.25) is 9.59 Å². The number of carboxylic acids is 1. The molecule has 0 unspecified atom stereocenters. The molecule has 0 bridgehead atoms. The molecule has 0 aromatic heterocycles. The number of carbonyl (C=O) groups is 3. The highest BCUT2D eigenvalue weighted by Crippen LogP contribution is 2.20. The van der Waals surface area contributed by atoms with E-state index >= 15 is 0 Å². The zero-order valence-corrected chi connectivity index (χ0v) is 20.3. The average Bonchev–Trinajstić information content (AvgIpc) is 2.85. The van der Waals surface area contributed by atoms with E-state index in [0.29, 0.717) is 46.7 Å². The Morgan fingerprint density at radius 3 is 2.03 bits per heavy atom. The summed E-state index contributed by atoms with van der Waals surface area (Å²) >= 11 is 11.8. The number of carbonyl (C=O) groups excluding carboxylic acids is 2. The second-order valence-electron chi connectivity index (χ2n) is 7.61. The van der Waals surface area contributed by atoms with Crippen LogP contribution < -0.4 is 15.0 Å². The fraction of sp³-hybridized carbons (Fsp3) is 0.192. The van der Waals surface area contributed by atoms with Crippen molar-refractivity contribution in [1.29, 1.82) is 0 Å². The van der Waals surface area contributed by atoms with E-state index in [4.69, 9.17) is 33.0 Å². The molecule has 182 valence electrons. The number of nitrogens with one attached hydrogen (secondary N) is 1. The van der Waals surface area contributed by atoms with Crippen molar-refractivity contribution in [3.8, 4) is 5.75 Å². The van der Waals surface area contributed by atoms with Gasteiger partial charge in [-0.1, -0.05) is 23.2 Å². The van der Waals surface area contributed by atoms with Crippen molar-refractivity contribution < 1.29 is 24.2 Å². The SMILES string of the molecule is O=C(CCC(=O)N(CCCOc1ccc(C(=O)O)cc1)c1ccc(Cl)cc1)Nc1ccc(Cl)cc1. The predicted molar refractivity (Wildman–Crippen MR) is 137 cm³/mol. The molecule has 0 saturated heterocycles. The molecule has 35 heavy (non-hydrogen) atoms. The molecule has 2 N–H and O–H groups in total. The molecule has 0 fully saturated rings. The van der Waals surface area contributed by atoms with Gasteiger partial charge in [0.1, 0.15) is 5.75 Å². The van der Waals surface area contributed by atoms with E-state index in [0.717, 1.165) is 0 Å². The van der Waals surface area contributed by atoms with Crippen molar-refractivity contribution >= 4 is 52.4 Å². The fourth-order valence-corrected chi connectivity index (χ4v) is 3.49. The quantitative estimate of drug-likeness (QED) is 0.310. The minimum Gasteiger partial charge on any atom is -0.494 e. The van der Waals surface area contributed by atoms with Gasteiger partial charge in [-0.2, -0.15) is 0 Å². The number of carboxylic acid groups (broad SMARTS) is 1. The predicted octanol–water partition coefficient (Wildman–Crippen LogP) is 5.91. The van der Waals surface area contributed by atoms with Gasteiger partial charge < -0.3 is 20.1 Å². The van der Waals surface area contributed by atoms with Crippen molar-refractivity contribution in [1.82, 2.24) is 0 Å². The monoisotopic (exact) mass is 514 g/mol. The molecule has 0 spiro atoms. The second kappa shape index (κ2) is 12.8. The number of rotatable bonds is 11. The Morgan fingerprint density at radius 2 is 1.43 bits per heavy atom. The number of nitrogens with zero attached hydrogens (tertiary/aromatic N) is 1. The first-order valence-corrected chi connectivity index (χ1v) is 11.6. The number of hydrogen-bond donors (Lipinski definition) is 2. The van der Waals surface area contributed by atoms with Gasteiger partial charge >= 0.3 is 5.97 Å². The van der Waals surface area contributed by atoms with Crippen molar-refractivity contribution in [3.05, 3.63) is 88.4 Å². The third kappa shape index (κ3) is 8.31. The van der Waals surface area contributed by atoms with Crippen LogP contribution in [-0.4, -0.2) is 36.0 Å². The molecule has 0 heterocycles. The number of anilines is 2. The molecule has 9 heteroatoms. The molecule has 0 aliphatic heterocycles. The van der Waals surface area contributed by atoms with Gasteiger partial charge in [0.15, 0.2) is 0 Å². The molecule has 7 nitrogen and oxygen atoms in total. The second-order valence-corrected chi connectivity index (χ2v) is 8.48. The van der Waals surface area contributed by atoms with Gasteiger partial charge in [-0.25, -0.2) is 4.79 Å². The lowest BCUT2D eigenvalue weighted by Gasteiger charge is -2.23. The molecule has 0 aliphatic rings. The van der Waals surface area contributed by atoms with Gasteiger partial charge in [0.25, 0.3) is 0 Å². The number of hydrogen-bond acceptors (Lipinski definition) is 4. The highest BCUT2D eigenvalue weighted by Gasteiger charge is 2.17. The van der Waals surface area contributed by atoms with Crippen LogP contribution in [0.1, 0.15) is 29.6 Å². The molecular formula is C26H24Cl2N2O5. The summed E-state index contributed by atoms with van der Waals surface area (Å²) in [5.41, 5.74) is 1.45. The Morgan fingerprint density at radius 1 is 0.829 bits per heavy atom. The van der Waals surface area contributed by atoms with Crippen LogP contribution in [0.3, 0.4) is 0 Å². The first-order valence-electron chi connectivity index (χ1n) is 10.9. The third-order valence-corrected chi connectivity index (χ3v) is 5.53. The number of benzene rings is 3. The highest BCUT2D eigenvalue weighted by atomic mass is 35.5. The van der Waals surface area contributed by atoms with Gasteiger partial charge in [0, 0.05) is 40.8 Å².